The van der Waals surface area contributed by atoms with E-state index in [0.717, 1.165) is 0 Å². The van der Waals surface area contributed by atoms with Crippen LogP contribution >= 0.6 is 11.6 Å². The number of hydrogen-bond donors (Lipinski definition) is 1. The Morgan fingerprint density at radius 3 is 2.53 bits per heavy atom. The Labute approximate surface area is 106 Å². The first-order valence-corrected chi connectivity index (χ1v) is 5.83. The van der Waals surface area contributed by atoms with Crippen LogP contribution in [0.25, 0.3) is 0 Å². The lowest BCUT2D eigenvalue weighted by atomic mass is 9.92. The average molecular weight is 260 g/mol. The van der Waals surface area contributed by atoms with Crippen molar-refractivity contribution in [2.45, 2.75) is 39.7 Å². The minimum atomic E-state index is -0.376. The first kappa shape index (κ1) is 13.8. The lowest BCUT2D eigenvalue weighted by molar-refractivity contribution is -0.144. The predicted octanol–water partition coefficient (Wildman–Crippen LogP) is 1.98. The molecule has 6 heteroatoms. The summed E-state index contributed by atoms with van der Waals surface area (Å²) in [5, 5.41) is 4.67. The summed E-state index contributed by atoms with van der Waals surface area (Å²) in [6.45, 7) is 8.01. The van der Waals surface area contributed by atoms with Crippen molar-refractivity contribution in [3.8, 4) is 0 Å². The number of halogens is 1. The second-order valence-corrected chi connectivity index (χ2v) is 5.14. The Hall–Kier alpha value is -1.23. The summed E-state index contributed by atoms with van der Waals surface area (Å²) in [4.78, 5) is 11.4. The van der Waals surface area contributed by atoms with E-state index in [0.29, 0.717) is 23.1 Å². The Balaban J connectivity index is 3.00. The molecule has 0 unspecified atom stereocenters. The van der Waals surface area contributed by atoms with Crippen LogP contribution in [-0.4, -0.2) is 22.4 Å². The second-order valence-electron chi connectivity index (χ2n) is 4.76. The quantitative estimate of drug-likeness (QED) is 0.843. The Morgan fingerprint density at radius 1 is 1.53 bits per heavy atom. The van der Waals surface area contributed by atoms with Crippen molar-refractivity contribution in [3.63, 3.8) is 0 Å². The van der Waals surface area contributed by atoms with Gasteiger partial charge in [-0.1, -0.05) is 32.4 Å². The molecule has 5 nitrogen and oxygen atoms in total. The highest BCUT2D eigenvalue weighted by Gasteiger charge is 2.25. The largest absolute Gasteiger partial charge is 0.465 e. The molecule has 0 fully saturated rings. The highest BCUT2D eigenvalue weighted by molar-refractivity contribution is 6.33. The number of rotatable bonds is 3. The van der Waals surface area contributed by atoms with Crippen LogP contribution in [0.15, 0.2) is 0 Å². The molecule has 0 bridgehead atoms. The third-order valence-corrected chi connectivity index (χ3v) is 2.60. The topological polar surface area (TPSA) is 70.1 Å². The van der Waals surface area contributed by atoms with Gasteiger partial charge in [-0.25, -0.2) is 4.68 Å². The van der Waals surface area contributed by atoms with Gasteiger partial charge >= 0.3 is 5.97 Å². The molecular formula is C11H18ClN3O2. The summed E-state index contributed by atoms with van der Waals surface area (Å²) in [5.74, 6) is -0.0801. The highest BCUT2D eigenvalue weighted by Crippen LogP contribution is 2.32. The molecular weight excluding hydrogens is 242 g/mol. The summed E-state index contributed by atoms with van der Waals surface area (Å²) in [6.07, 6.45) is 0. The molecule has 0 amide bonds. The van der Waals surface area contributed by atoms with Gasteiger partial charge < -0.3 is 10.5 Å². The molecule has 1 heterocycles. The molecule has 0 aliphatic rings. The van der Waals surface area contributed by atoms with Gasteiger partial charge in [0.1, 0.15) is 17.4 Å². The number of nitrogens with two attached hydrogens (primary N) is 1. The minimum absolute atomic E-state index is 0.0184. The molecule has 0 radical (unpaired) electrons. The minimum Gasteiger partial charge on any atom is -0.465 e. The van der Waals surface area contributed by atoms with Gasteiger partial charge in [0, 0.05) is 5.41 Å². The summed E-state index contributed by atoms with van der Waals surface area (Å²) < 4.78 is 6.21. The van der Waals surface area contributed by atoms with E-state index < -0.39 is 0 Å². The molecule has 17 heavy (non-hydrogen) atoms. The van der Waals surface area contributed by atoms with E-state index in [1.54, 1.807) is 6.92 Å². The van der Waals surface area contributed by atoms with E-state index in [1.807, 2.05) is 20.8 Å². The fourth-order valence-electron chi connectivity index (χ4n) is 1.38. The van der Waals surface area contributed by atoms with E-state index in [-0.39, 0.29) is 17.9 Å². The van der Waals surface area contributed by atoms with Crippen LogP contribution in [0.3, 0.4) is 0 Å². The highest BCUT2D eigenvalue weighted by atomic mass is 35.5. The van der Waals surface area contributed by atoms with Crippen LogP contribution in [0.4, 0.5) is 5.82 Å². The fourth-order valence-corrected chi connectivity index (χ4v) is 1.80. The molecule has 0 aliphatic heterocycles. The van der Waals surface area contributed by atoms with Crippen molar-refractivity contribution >= 4 is 23.4 Å². The smallest absolute Gasteiger partial charge is 0.327 e. The standard InChI is InChI=1S/C11H18ClN3O2/c1-5-17-7(16)6-15-10(13)8(12)9(14-15)11(2,3)4/h5-6,13H2,1-4H3. The van der Waals surface area contributed by atoms with Gasteiger partial charge in [-0.05, 0) is 6.92 Å². The predicted molar refractivity (Wildman–Crippen MR) is 67.0 cm³/mol. The van der Waals surface area contributed by atoms with Gasteiger partial charge in [0.15, 0.2) is 0 Å². The van der Waals surface area contributed by atoms with E-state index in [4.69, 9.17) is 22.1 Å². The molecule has 0 aromatic carbocycles. The zero-order valence-electron chi connectivity index (χ0n) is 10.6. The van der Waals surface area contributed by atoms with Gasteiger partial charge in [0.05, 0.1) is 12.3 Å². The summed E-state index contributed by atoms with van der Waals surface area (Å²) in [6, 6.07) is 0. The van der Waals surface area contributed by atoms with Crippen LogP contribution in [-0.2, 0) is 21.5 Å². The van der Waals surface area contributed by atoms with E-state index in [1.165, 1.54) is 4.68 Å². The third kappa shape index (κ3) is 3.12. The fraction of sp³-hybridized carbons (Fsp3) is 0.636. The average Bonchev–Trinajstić information content (AvgIpc) is 2.46. The number of aromatic nitrogens is 2. The van der Waals surface area contributed by atoms with E-state index in [2.05, 4.69) is 5.10 Å². The maximum Gasteiger partial charge on any atom is 0.327 e. The molecule has 1 rings (SSSR count). The lowest BCUT2D eigenvalue weighted by Crippen LogP contribution is -2.17. The van der Waals surface area contributed by atoms with Crippen LogP contribution in [0, 0.1) is 0 Å². The maximum absolute atomic E-state index is 11.4. The zero-order valence-corrected chi connectivity index (χ0v) is 11.3. The van der Waals surface area contributed by atoms with Crippen molar-refractivity contribution in [1.82, 2.24) is 9.78 Å². The molecule has 0 spiro atoms. The van der Waals surface area contributed by atoms with Crippen molar-refractivity contribution in [3.05, 3.63) is 10.7 Å². The molecule has 1 aromatic rings. The van der Waals surface area contributed by atoms with Crippen LogP contribution in [0.5, 0.6) is 0 Å². The number of hydrogen-bond acceptors (Lipinski definition) is 4. The number of nitrogen functional groups attached to an aromatic ring is 1. The lowest BCUT2D eigenvalue weighted by Gasteiger charge is -2.15. The van der Waals surface area contributed by atoms with E-state index >= 15 is 0 Å². The van der Waals surface area contributed by atoms with Crippen molar-refractivity contribution < 1.29 is 9.53 Å². The molecule has 0 saturated carbocycles. The SMILES string of the molecule is CCOC(=O)Cn1nc(C(C)(C)C)c(Cl)c1N. The van der Waals surface area contributed by atoms with Gasteiger partial charge in [0.2, 0.25) is 0 Å². The van der Waals surface area contributed by atoms with Gasteiger partial charge in [-0.15, -0.1) is 0 Å². The van der Waals surface area contributed by atoms with E-state index in [9.17, 15) is 4.79 Å². The van der Waals surface area contributed by atoms with Crippen molar-refractivity contribution in [2.75, 3.05) is 12.3 Å². The van der Waals surface area contributed by atoms with Crippen molar-refractivity contribution in [2.24, 2.45) is 0 Å². The van der Waals surface area contributed by atoms with Crippen LogP contribution in [0.2, 0.25) is 5.02 Å². The number of carbonyl (C=O) groups excluding carboxylic acids is 1. The zero-order chi connectivity index (χ0) is 13.2. The Morgan fingerprint density at radius 2 is 2.12 bits per heavy atom. The molecule has 1 aromatic heterocycles. The summed E-state index contributed by atoms with van der Waals surface area (Å²) >= 11 is 6.10. The third-order valence-electron chi connectivity index (χ3n) is 2.23. The summed E-state index contributed by atoms with van der Waals surface area (Å²) in [5.41, 5.74) is 6.27. The maximum atomic E-state index is 11.4. The van der Waals surface area contributed by atoms with Gasteiger partial charge in [-0.3, -0.25) is 4.79 Å². The molecule has 0 saturated heterocycles. The van der Waals surface area contributed by atoms with Crippen LogP contribution < -0.4 is 5.73 Å². The molecule has 0 aliphatic carbocycles. The molecule has 96 valence electrons. The Bertz CT molecular complexity index is 421. The van der Waals surface area contributed by atoms with Crippen molar-refractivity contribution in [1.29, 1.82) is 0 Å². The molecule has 2 N–H and O–H groups in total. The first-order valence-electron chi connectivity index (χ1n) is 5.45. The Kier molecular flexibility index (Phi) is 4.03. The van der Waals surface area contributed by atoms with Gasteiger partial charge in [-0.2, -0.15) is 5.10 Å². The molecule has 0 atom stereocenters. The normalized spacial score (nSPS) is 11.6. The number of ether oxygens (including phenoxy) is 1. The summed E-state index contributed by atoms with van der Waals surface area (Å²) in [7, 11) is 0. The first-order chi connectivity index (χ1) is 7.77. The van der Waals surface area contributed by atoms with Gasteiger partial charge in [0.25, 0.3) is 0 Å². The second kappa shape index (κ2) is 4.96. The number of esters is 1. The number of anilines is 1. The number of carbonyl (C=O) groups is 1. The monoisotopic (exact) mass is 259 g/mol. The van der Waals surface area contributed by atoms with Crippen LogP contribution in [0.1, 0.15) is 33.4 Å². The number of nitrogens with zero attached hydrogens (tertiary/aromatic N) is 2.